The van der Waals surface area contributed by atoms with Crippen molar-refractivity contribution in [2.45, 2.75) is 11.1 Å². The summed E-state index contributed by atoms with van der Waals surface area (Å²) >= 11 is 3.33. The molecular weight excluding hydrogens is 357 g/mol. The number of rotatable bonds is 3. The SMILES string of the molecule is CS(=O)c1ccc(Br)c2cccc(OCC(F)(F)F)c12. The van der Waals surface area contributed by atoms with Crippen LogP contribution < -0.4 is 4.74 Å². The Morgan fingerprint density at radius 1 is 1.25 bits per heavy atom. The lowest BCUT2D eigenvalue weighted by molar-refractivity contribution is -0.153. The van der Waals surface area contributed by atoms with Crippen molar-refractivity contribution in [3.63, 3.8) is 0 Å². The predicted molar refractivity (Wildman–Crippen MR) is 75.5 cm³/mol. The van der Waals surface area contributed by atoms with E-state index in [0.29, 0.717) is 20.1 Å². The molecule has 20 heavy (non-hydrogen) atoms. The average Bonchev–Trinajstić information content (AvgIpc) is 2.35. The number of ether oxygens (including phenoxy) is 1. The first kappa shape index (κ1) is 15.3. The van der Waals surface area contributed by atoms with Crippen molar-refractivity contribution in [2.24, 2.45) is 0 Å². The molecule has 0 saturated heterocycles. The lowest BCUT2D eigenvalue weighted by Crippen LogP contribution is -2.19. The summed E-state index contributed by atoms with van der Waals surface area (Å²) in [4.78, 5) is 0.445. The van der Waals surface area contributed by atoms with E-state index in [1.54, 1.807) is 24.3 Å². The lowest BCUT2D eigenvalue weighted by Gasteiger charge is -2.14. The van der Waals surface area contributed by atoms with Crippen LogP contribution >= 0.6 is 15.9 Å². The Morgan fingerprint density at radius 3 is 2.55 bits per heavy atom. The van der Waals surface area contributed by atoms with Crippen LogP contribution in [0.25, 0.3) is 10.8 Å². The highest BCUT2D eigenvalue weighted by molar-refractivity contribution is 9.10. The van der Waals surface area contributed by atoms with Crippen LogP contribution in [0.1, 0.15) is 0 Å². The molecule has 0 heterocycles. The second-order valence-electron chi connectivity index (χ2n) is 4.08. The Kier molecular flexibility index (Phi) is 4.39. The topological polar surface area (TPSA) is 26.3 Å². The van der Waals surface area contributed by atoms with Crippen molar-refractivity contribution in [1.29, 1.82) is 0 Å². The van der Waals surface area contributed by atoms with Crippen molar-refractivity contribution in [1.82, 2.24) is 0 Å². The minimum absolute atomic E-state index is 0.0753. The summed E-state index contributed by atoms with van der Waals surface area (Å²) in [6, 6.07) is 8.10. The summed E-state index contributed by atoms with van der Waals surface area (Å²) in [5.74, 6) is 0.0753. The molecule has 0 saturated carbocycles. The number of alkyl halides is 3. The molecule has 0 aliphatic heterocycles. The molecule has 7 heteroatoms. The molecule has 2 nitrogen and oxygen atoms in total. The molecule has 0 N–H and O–H groups in total. The monoisotopic (exact) mass is 366 g/mol. The van der Waals surface area contributed by atoms with Gasteiger partial charge in [0, 0.05) is 21.5 Å². The van der Waals surface area contributed by atoms with Gasteiger partial charge in [-0.2, -0.15) is 13.2 Å². The predicted octanol–water partition coefficient (Wildman–Crippen LogP) is 4.28. The Labute approximate surface area is 124 Å². The lowest BCUT2D eigenvalue weighted by atomic mass is 10.1. The van der Waals surface area contributed by atoms with E-state index in [0.717, 1.165) is 0 Å². The van der Waals surface area contributed by atoms with E-state index in [4.69, 9.17) is 4.74 Å². The van der Waals surface area contributed by atoms with E-state index < -0.39 is 23.6 Å². The van der Waals surface area contributed by atoms with Crippen LogP contribution in [-0.2, 0) is 10.8 Å². The highest BCUT2D eigenvalue weighted by atomic mass is 79.9. The fourth-order valence-corrected chi connectivity index (χ4v) is 3.05. The zero-order chi connectivity index (χ0) is 14.9. The standard InChI is InChI=1S/C13H10BrF3O2S/c1-20(18)11-6-5-9(14)8-3-2-4-10(12(8)11)19-7-13(15,16)17/h2-6H,7H2,1H3. The van der Waals surface area contributed by atoms with Gasteiger partial charge in [-0.15, -0.1) is 0 Å². The van der Waals surface area contributed by atoms with Crippen LogP contribution in [0, 0.1) is 0 Å². The number of hydrogen-bond donors (Lipinski definition) is 0. The van der Waals surface area contributed by atoms with E-state index in [1.807, 2.05) is 0 Å². The fourth-order valence-electron chi connectivity index (χ4n) is 1.83. The van der Waals surface area contributed by atoms with Gasteiger partial charge in [0.1, 0.15) is 5.75 Å². The van der Waals surface area contributed by atoms with E-state index in [1.165, 1.54) is 12.3 Å². The molecule has 108 valence electrons. The first-order valence-electron chi connectivity index (χ1n) is 5.54. The van der Waals surface area contributed by atoms with E-state index >= 15 is 0 Å². The molecule has 2 aromatic carbocycles. The molecular formula is C13H10BrF3O2S. The third-order valence-corrected chi connectivity index (χ3v) is 4.26. The molecule has 0 amide bonds. The molecule has 0 bridgehead atoms. The number of benzene rings is 2. The molecule has 0 radical (unpaired) electrons. The van der Waals surface area contributed by atoms with Crippen LogP contribution in [0.4, 0.5) is 13.2 Å². The van der Waals surface area contributed by atoms with Crippen molar-refractivity contribution >= 4 is 37.5 Å². The summed E-state index contributed by atoms with van der Waals surface area (Å²) in [6.07, 6.45) is -2.94. The quantitative estimate of drug-likeness (QED) is 0.810. The highest BCUT2D eigenvalue weighted by Gasteiger charge is 2.29. The highest BCUT2D eigenvalue weighted by Crippen LogP contribution is 2.35. The van der Waals surface area contributed by atoms with Crippen LogP contribution in [0.5, 0.6) is 5.75 Å². The van der Waals surface area contributed by atoms with Crippen LogP contribution in [0.3, 0.4) is 0 Å². The molecule has 0 aliphatic rings. The Morgan fingerprint density at radius 2 is 1.95 bits per heavy atom. The molecule has 2 aromatic rings. The summed E-state index contributed by atoms with van der Waals surface area (Å²) < 4.78 is 54.2. The van der Waals surface area contributed by atoms with E-state index in [-0.39, 0.29) is 5.75 Å². The van der Waals surface area contributed by atoms with Crippen molar-refractivity contribution < 1.29 is 22.1 Å². The minimum Gasteiger partial charge on any atom is -0.483 e. The Bertz CT molecular complexity index is 670. The first-order chi connectivity index (χ1) is 9.29. The second kappa shape index (κ2) is 5.73. The van der Waals surface area contributed by atoms with Gasteiger partial charge in [-0.25, -0.2) is 0 Å². The summed E-state index contributed by atoms with van der Waals surface area (Å²) in [6.45, 7) is -1.38. The van der Waals surface area contributed by atoms with Crippen LogP contribution in [0.2, 0.25) is 0 Å². The van der Waals surface area contributed by atoms with Gasteiger partial charge in [0.15, 0.2) is 6.61 Å². The zero-order valence-corrected chi connectivity index (χ0v) is 12.7. The molecule has 1 atom stereocenters. The molecule has 1 unspecified atom stereocenters. The maximum absolute atomic E-state index is 12.3. The largest absolute Gasteiger partial charge is 0.483 e. The van der Waals surface area contributed by atoms with Gasteiger partial charge in [0.2, 0.25) is 0 Å². The zero-order valence-electron chi connectivity index (χ0n) is 10.3. The second-order valence-corrected chi connectivity index (χ2v) is 6.28. The van der Waals surface area contributed by atoms with Crippen molar-refractivity contribution in [2.75, 3.05) is 12.9 Å². The number of hydrogen-bond acceptors (Lipinski definition) is 2. The van der Waals surface area contributed by atoms with Crippen molar-refractivity contribution in [3.8, 4) is 5.75 Å². The maximum atomic E-state index is 12.3. The molecule has 2 rings (SSSR count). The van der Waals surface area contributed by atoms with Gasteiger partial charge in [0.25, 0.3) is 0 Å². The fraction of sp³-hybridized carbons (Fsp3) is 0.231. The molecule has 0 aromatic heterocycles. The normalized spacial score (nSPS) is 13.4. The van der Waals surface area contributed by atoms with Crippen LogP contribution in [0.15, 0.2) is 39.7 Å². The van der Waals surface area contributed by atoms with Crippen molar-refractivity contribution in [3.05, 3.63) is 34.8 Å². The van der Waals surface area contributed by atoms with Gasteiger partial charge in [-0.05, 0) is 18.2 Å². The maximum Gasteiger partial charge on any atom is 0.422 e. The van der Waals surface area contributed by atoms with E-state index in [2.05, 4.69) is 15.9 Å². The average molecular weight is 367 g/mol. The Balaban J connectivity index is 2.60. The van der Waals surface area contributed by atoms with E-state index in [9.17, 15) is 17.4 Å². The molecule has 0 fully saturated rings. The third-order valence-electron chi connectivity index (χ3n) is 2.61. The van der Waals surface area contributed by atoms with Gasteiger partial charge < -0.3 is 4.74 Å². The van der Waals surface area contributed by atoms with Crippen LogP contribution in [-0.4, -0.2) is 23.2 Å². The smallest absolute Gasteiger partial charge is 0.422 e. The number of halogens is 4. The molecule has 0 spiro atoms. The van der Waals surface area contributed by atoms with Gasteiger partial charge in [0.05, 0.1) is 15.7 Å². The minimum atomic E-state index is -4.42. The summed E-state index contributed by atoms with van der Waals surface area (Å²) in [5, 5.41) is 1.10. The third kappa shape index (κ3) is 3.32. The van der Waals surface area contributed by atoms with Gasteiger partial charge in [-0.3, -0.25) is 4.21 Å². The number of fused-ring (bicyclic) bond motifs is 1. The Hall–Kier alpha value is -1.08. The van der Waals surface area contributed by atoms with Gasteiger partial charge >= 0.3 is 6.18 Å². The summed E-state index contributed by atoms with van der Waals surface area (Å²) in [5.41, 5.74) is 0. The summed E-state index contributed by atoms with van der Waals surface area (Å²) in [7, 11) is -1.33. The van der Waals surface area contributed by atoms with Gasteiger partial charge in [-0.1, -0.05) is 28.1 Å². The molecule has 0 aliphatic carbocycles. The first-order valence-corrected chi connectivity index (χ1v) is 7.89.